The summed E-state index contributed by atoms with van der Waals surface area (Å²) in [5.41, 5.74) is 0.387. The summed E-state index contributed by atoms with van der Waals surface area (Å²) in [6.07, 6.45) is 2.62. The van der Waals surface area contributed by atoms with E-state index in [-0.39, 0.29) is 5.91 Å². The molecule has 0 bridgehead atoms. The summed E-state index contributed by atoms with van der Waals surface area (Å²) in [6, 6.07) is 0. The van der Waals surface area contributed by atoms with E-state index in [0.29, 0.717) is 5.57 Å². The molecule has 0 saturated carbocycles. The third-order valence-corrected chi connectivity index (χ3v) is 0.956. The number of rotatable bonds is 2. The smallest absolute Gasteiger partial charge is 0.252 e. The molecule has 0 radical (unpaired) electrons. The van der Waals surface area contributed by atoms with Crippen molar-refractivity contribution in [3.8, 4) is 0 Å². The van der Waals surface area contributed by atoms with Crippen molar-refractivity contribution < 1.29 is 4.79 Å². The van der Waals surface area contributed by atoms with Crippen LogP contribution in [-0.4, -0.2) is 19.2 Å². The van der Waals surface area contributed by atoms with Gasteiger partial charge in [0.15, 0.2) is 0 Å². The first-order valence-corrected chi connectivity index (χ1v) is 2.65. The van der Waals surface area contributed by atoms with E-state index >= 15 is 0 Å². The molecule has 0 aromatic heterocycles. The van der Waals surface area contributed by atoms with Crippen LogP contribution >= 0.6 is 0 Å². The SMILES string of the molecule is CC=C(C=N)C(=O)NC. The number of amides is 1. The Morgan fingerprint density at radius 1 is 1.67 bits per heavy atom. The van der Waals surface area contributed by atoms with Gasteiger partial charge >= 0.3 is 0 Å². The summed E-state index contributed by atoms with van der Waals surface area (Å²) in [5.74, 6) is -0.215. The zero-order valence-corrected chi connectivity index (χ0v) is 5.56. The molecule has 3 heteroatoms. The lowest BCUT2D eigenvalue weighted by Gasteiger charge is -1.94. The van der Waals surface area contributed by atoms with Crippen LogP contribution in [0.25, 0.3) is 0 Å². The topological polar surface area (TPSA) is 53.0 Å². The Bertz CT molecular complexity index is 149. The fraction of sp³-hybridized carbons (Fsp3) is 0.333. The summed E-state index contributed by atoms with van der Waals surface area (Å²) >= 11 is 0. The zero-order chi connectivity index (χ0) is 7.28. The predicted molar refractivity (Wildman–Crippen MR) is 36.6 cm³/mol. The van der Waals surface area contributed by atoms with E-state index in [4.69, 9.17) is 5.41 Å². The van der Waals surface area contributed by atoms with Gasteiger partial charge in [-0.1, -0.05) is 6.08 Å². The van der Waals surface area contributed by atoms with E-state index in [1.165, 1.54) is 7.05 Å². The number of nitrogens with one attached hydrogen (secondary N) is 2. The van der Waals surface area contributed by atoms with E-state index in [1.807, 2.05) is 0 Å². The van der Waals surface area contributed by atoms with Crippen molar-refractivity contribution >= 4 is 12.1 Å². The molecule has 0 spiro atoms. The molecule has 9 heavy (non-hydrogen) atoms. The minimum absolute atomic E-state index is 0.215. The summed E-state index contributed by atoms with van der Waals surface area (Å²) in [7, 11) is 1.54. The first-order valence-electron chi connectivity index (χ1n) is 2.65. The van der Waals surface area contributed by atoms with Crippen molar-refractivity contribution in [2.45, 2.75) is 6.92 Å². The Morgan fingerprint density at radius 2 is 2.22 bits per heavy atom. The maximum atomic E-state index is 10.6. The van der Waals surface area contributed by atoms with Gasteiger partial charge in [-0.25, -0.2) is 0 Å². The molecule has 0 aromatic rings. The number of carbonyl (C=O) groups is 1. The van der Waals surface area contributed by atoms with Crippen molar-refractivity contribution in [3.63, 3.8) is 0 Å². The highest BCUT2D eigenvalue weighted by atomic mass is 16.1. The Labute approximate surface area is 54.3 Å². The van der Waals surface area contributed by atoms with Gasteiger partial charge in [-0.2, -0.15) is 0 Å². The summed E-state index contributed by atoms with van der Waals surface area (Å²) in [6.45, 7) is 1.72. The number of hydrogen-bond donors (Lipinski definition) is 2. The molecule has 0 fully saturated rings. The molecule has 0 unspecified atom stereocenters. The van der Waals surface area contributed by atoms with Gasteiger partial charge < -0.3 is 10.7 Å². The molecular weight excluding hydrogens is 116 g/mol. The first-order chi connectivity index (χ1) is 4.26. The molecule has 0 aliphatic carbocycles. The molecule has 50 valence electrons. The standard InChI is InChI=1S/C6H10N2O/c1-3-5(4-7)6(9)8-2/h3-4,7H,1-2H3,(H,8,9). The van der Waals surface area contributed by atoms with Gasteiger partial charge in [-0.05, 0) is 6.92 Å². The van der Waals surface area contributed by atoms with Gasteiger partial charge in [0.25, 0.3) is 5.91 Å². The highest BCUT2D eigenvalue weighted by Gasteiger charge is 1.99. The van der Waals surface area contributed by atoms with Crippen LogP contribution in [0.3, 0.4) is 0 Å². The molecule has 0 aromatic carbocycles. The molecule has 0 aliphatic heterocycles. The van der Waals surface area contributed by atoms with Crippen molar-refractivity contribution in [1.29, 1.82) is 5.41 Å². The molecule has 0 rings (SSSR count). The van der Waals surface area contributed by atoms with Crippen LogP contribution in [0.2, 0.25) is 0 Å². The Morgan fingerprint density at radius 3 is 2.33 bits per heavy atom. The van der Waals surface area contributed by atoms with Crippen LogP contribution in [0, 0.1) is 5.41 Å². The fourth-order valence-corrected chi connectivity index (χ4v) is 0.424. The number of carbonyl (C=O) groups excluding carboxylic acids is 1. The van der Waals surface area contributed by atoms with E-state index < -0.39 is 0 Å². The summed E-state index contributed by atoms with van der Waals surface area (Å²) < 4.78 is 0. The zero-order valence-electron chi connectivity index (χ0n) is 5.56. The molecule has 1 amide bonds. The third kappa shape index (κ3) is 2.08. The summed E-state index contributed by atoms with van der Waals surface area (Å²) in [4.78, 5) is 10.6. The predicted octanol–water partition coefficient (Wildman–Crippen LogP) is 0.328. The van der Waals surface area contributed by atoms with Crippen LogP contribution in [0.1, 0.15) is 6.92 Å². The molecule has 2 N–H and O–H groups in total. The lowest BCUT2D eigenvalue weighted by molar-refractivity contribution is -0.116. The van der Waals surface area contributed by atoms with Gasteiger partial charge in [0.2, 0.25) is 0 Å². The molecule has 0 saturated heterocycles. The van der Waals surface area contributed by atoms with Crippen molar-refractivity contribution in [3.05, 3.63) is 11.6 Å². The second-order valence-electron chi connectivity index (χ2n) is 1.47. The Hall–Kier alpha value is -1.12. The largest absolute Gasteiger partial charge is 0.355 e. The lowest BCUT2D eigenvalue weighted by Crippen LogP contribution is -2.20. The normalized spacial score (nSPS) is 10.7. The molecule has 0 aliphatic rings. The quantitative estimate of drug-likeness (QED) is 0.406. The maximum Gasteiger partial charge on any atom is 0.252 e. The first kappa shape index (κ1) is 7.88. The van der Waals surface area contributed by atoms with E-state index in [0.717, 1.165) is 6.21 Å². The van der Waals surface area contributed by atoms with Crippen LogP contribution in [0.5, 0.6) is 0 Å². The molecule has 0 atom stereocenters. The van der Waals surface area contributed by atoms with Gasteiger partial charge in [0.05, 0.1) is 5.57 Å². The summed E-state index contributed by atoms with van der Waals surface area (Å²) in [5, 5.41) is 9.15. The van der Waals surface area contributed by atoms with Gasteiger partial charge in [0.1, 0.15) is 0 Å². The maximum absolute atomic E-state index is 10.6. The van der Waals surface area contributed by atoms with Crippen LogP contribution in [0.4, 0.5) is 0 Å². The average Bonchev–Trinajstić information content (AvgIpc) is 1.90. The Kier molecular flexibility index (Phi) is 3.35. The minimum atomic E-state index is -0.215. The lowest BCUT2D eigenvalue weighted by atomic mass is 10.2. The second-order valence-corrected chi connectivity index (χ2v) is 1.47. The number of hydrogen-bond acceptors (Lipinski definition) is 2. The number of allylic oxidation sites excluding steroid dienone is 1. The minimum Gasteiger partial charge on any atom is -0.355 e. The van der Waals surface area contributed by atoms with Gasteiger partial charge in [-0.15, -0.1) is 0 Å². The highest BCUT2D eigenvalue weighted by molar-refractivity contribution is 6.11. The van der Waals surface area contributed by atoms with E-state index in [1.54, 1.807) is 13.0 Å². The number of likely N-dealkylation sites (N-methyl/N-ethyl adjacent to an activating group) is 1. The average molecular weight is 126 g/mol. The monoisotopic (exact) mass is 126 g/mol. The Balaban J connectivity index is 4.14. The molecular formula is C6H10N2O. The highest BCUT2D eigenvalue weighted by Crippen LogP contribution is 1.86. The van der Waals surface area contributed by atoms with Crippen molar-refractivity contribution in [1.82, 2.24) is 5.32 Å². The third-order valence-electron chi connectivity index (χ3n) is 0.956. The van der Waals surface area contributed by atoms with Crippen molar-refractivity contribution in [2.75, 3.05) is 7.05 Å². The molecule has 0 heterocycles. The van der Waals surface area contributed by atoms with Crippen molar-refractivity contribution in [2.24, 2.45) is 0 Å². The van der Waals surface area contributed by atoms with E-state index in [9.17, 15) is 4.79 Å². The van der Waals surface area contributed by atoms with Crippen LogP contribution in [-0.2, 0) is 4.79 Å². The van der Waals surface area contributed by atoms with E-state index in [2.05, 4.69) is 5.32 Å². The van der Waals surface area contributed by atoms with Gasteiger partial charge in [-0.3, -0.25) is 4.79 Å². The molecule has 3 nitrogen and oxygen atoms in total. The second kappa shape index (κ2) is 3.83. The fourth-order valence-electron chi connectivity index (χ4n) is 0.424. The van der Waals surface area contributed by atoms with Crippen LogP contribution in [0.15, 0.2) is 11.6 Å². The van der Waals surface area contributed by atoms with Crippen LogP contribution < -0.4 is 5.32 Å². The van der Waals surface area contributed by atoms with Gasteiger partial charge in [0, 0.05) is 13.3 Å².